The van der Waals surface area contributed by atoms with E-state index in [1.807, 2.05) is 36.1 Å². The van der Waals surface area contributed by atoms with Crippen molar-refractivity contribution < 1.29 is 19.2 Å². The molecule has 1 aliphatic rings. The number of ether oxygens (including phenoxy) is 1. The fourth-order valence-electron chi connectivity index (χ4n) is 2.77. The lowest BCUT2D eigenvalue weighted by atomic mass is 10.2. The maximum atomic E-state index is 11.2. The van der Waals surface area contributed by atoms with Gasteiger partial charge in [0.1, 0.15) is 11.8 Å². The SMILES string of the molecule is CCOc1ccc(-c2noc(CN3CCCC3C(=O)O)n2)cc1. The lowest BCUT2D eigenvalue weighted by Gasteiger charge is -2.18. The number of hydrogen-bond acceptors (Lipinski definition) is 6. The van der Waals surface area contributed by atoms with Gasteiger partial charge in [-0.15, -0.1) is 0 Å². The van der Waals surface area contributed by atoms with Gasteiger partial charge in [-0.3, -0.25) is 9.69 Å². The van der Waals surface area contributed by atoms with Crippen molar-refractivity contribution in [1.82, 2.24) is 15.0 Å². The maximum Gasteiger partial charge on any atom is 0.320 e. The molecule has 1 atom stereocenters. The van der Waals surface area contributed by atoms with Gasteiger partial charge in [0.25, 0.3) is 0 Å². The average molecular weight is 317 g/mol. The van der Waals surface area contributed by atoms with E-state index in [0.29, 0.717) is 31.3 Å². The smallest absolute Gasteiger partial charge is 0.320 e. The monoisotopic (exact) mass is 317 g/mol. The highest BCUT2D eigenvalue weighted by Crippen LogP contribution is 2.23. The van der Waals surface area contributed by atoms with Crippen molar-refractivity contribution in [2.24, 2.45) is 0 Å². The van der Waals surface area contributed by atoms with Crippen LogP contribution in [0.2, 0.25) is 0 Å². The molecule has 1 aliphatic heterocycles. The molecule has 0 bridgehead atoms. The highest BCUT2D eigenvalue weighted by atomic mass is 16.5. The molecule has 1 saturated heterocycles. The van der Waals surface area contributed by atoms with Gasteiger partial charge in [-0.1, -0.05) is 5.16 Å². The number of nitrogens with zero attached hydrogens (tertiary/aromatic N) is 3. The average Bonchev–Trinajstić information content (AvgIpc) is 3.18. The minimum absolute atomic E-state index is 0.362. The molecule has 1 aromatic carbocycles. The Morgan fingerprint density at radius 1 is 1.43 bits per heavy atom. The zero-order valence-electron chi connectivity index (χ0n) is 12.9. The number of carboxylic acids is 1. The summed E-state index contributed by atoms with van der Waals surface area (Å²) < 4.78 is 10.7. The maximum absolute atomic E-state index is 11.2. The van der Waals surface area contributed by atoms with Crippen LogP contribution < -0.4 is 4.74 Å². The summed E-state index contributed by atoms with van der Waals surface area (Å²) in [5.41, 5.74) is 0.833. The molecule has 3 rings (SSSR count). The van der Waals surface area contributed by atoms with E-state index in [9.17, 15) is 9.90 Å². The molecule has 1 fully saturated rings. The van der Waals surface area contributed by atoms with E-state index in [-0.39, 0.29) is 0 Å². The quantitative estimate of drug-likeness (QED) is 0.873. The van der Waals surface area contributed by atoms with Crippen LogP contribution in [0.1, 0.15) is 25.7 Å². The molecule has 2 heterocycles. The highest BCUT2D eigenvalue weighted by Gasteiger charge is 2.31. The number of aliphatic carboxylic acids is 1. The summed E-state index contributed by atoms with van der Waals surface area (Å²) >= 11 is 0. The van der Waals surface area contributed by atoms with Crippen molar-refractivity contribution in [3.05, 3.63) is 30.2 Å². The topological polar surface area (TPSA) is 88.7 Å². The zero-order valence-corrected chi connectivity index (χ0v) is 12.9. The predicted octanol–water partition coefficient (Wildman–Crippen LogP) is 2.18. The number of aromatic nitrogens is 2. The molecule has 1 unspecified atom stereocenters. The van der Waals surface area contributed by atoms with Gasteiger partial charge < -0.3 is 14.4 Å². The molecular weight excluding hydrogens is 298 g/mol. The third-order valence-electron chi connectivity index (χ3n) is 3.88. The van der Waals surface area contributed by atoms with Crippen molar-refractivity contribution in [3.63, 3.8) is 0 Å². The third-order valence-corrected chi connectivity index (χ3v) is 3.88. The second-order valence-corrected chi connectivity index (χ2v) is 5.44. The van der Waals surface area contributed by atoms with E-state index < -0.39 is 12.0 Å². The van der Waals surface area contributed by atoms with Crippen LogP contribution in [0.15, 0.2) is 28.8 Å². The Morgan fingerprint density at radius 2 is 2.22 bits per heavy atom. The van der Waals surface area contributed by atoms with E-state index in [1.54, 1.807) is 0 Å². The second-order valence-electron chi connectivity index (χ2n) is 5.44. The Bertz CT molecular complexity index is 668. The summed E-state index contributed by atoms with van der Waals surface area (Å²) in [6, 6.07) is 6.99. The van der Waals surface area contributed by atoms with Crippen molar-refractivity contribution in [1.29, 1.82) is 0 Å². The molecule has 0 saturated carbocycles. The summed E-state index contributed by atoms with van der Waals surface area (Å²) in [4.78, 5) is 17.4. The van der Waals surface area contributed by atoms with Gasteiger partial charge in [0, 0.05) is 5.56 Å². The molecule has 0 aliphatic carbocycles. The van der Waals surface area contributed by atoms with Crippen LogP contribution in [0.3, 0.4) is 0 Å². The number of carbonyl (C=O) groups is 1. The van der Waals surface area contributed by atoms with Crippen molar-refractivity contribution >= 4 is 5.97 Å². The summed E-state index contributed by atoms with van der Waals surface area (Å²) in [6.07, 6.45) is 1.53. The Labute approximate surface area is 133 Å². The lowest BCUT2D eigenvalue weighted by molar-refractivity contribution is -0.142. The Morgan fingerprint density at radius 3 is 2.91 bits per heavy atom. The van der Waals surface area contributed by atoms with E-state index >= 15 is 0 Å². The Balaban J connectivity index is 1.69. The first-order chi connectivity index (χ1) is 11.2. The largest absolute Gasteiger partial charge is 0.494 e. The minimum atomic E-state index is -0.797. The number of benzene rings is 1. The first kappa shape index (κ1) is 15.5. The second kappa shape index (κ2) is 6.78. The number of carboxylic acid groups (broad SMARTS) is 1. The van der Waals surface area contributed by atoms with E-state index in [2.05, 4.69) is 10.1 Å². The molecule has 0 spiro atoms. The van der Waals surface area contributed by atoms with Crippen LogP contribution >= 0.6 is 0 Å². The number of likely N-dealkylation sites (tertiary alicyclic amines) is 1. The fourth-order valence-corrected chi connectivity index (χ4v) is 2.77. The van der Waals surface area contributed by atoms with Crippen LogP contribution in [0.4, 0.5) is 0 Å². The zero-order chi connectivity index (χ0) is 16.2. The molecule has 2 aromatic rings. The molecular formula is C16H19N3O4. The van der Waals surface area contributed by atoms with Gasteiger partial charge in [0.15, 0.2) is 0 Å². The van der Waals surface area contributed by atoms with Crippen molar-refractivity contribution in [3.8, 4) is 17.1 Å². The molecule has 23 heavy (non-hydrogen) atoms. The first-order valence-corrected chi connectivity index (χ1v) is 7.70. The molecule has 7 heteroatoms. The Kier molecular flexibility index (Phi) is 4.57. The van der Waals surface area contributed by atoms with Gasteiger partial charge in [-0.25, -0.2) is 0 Å². The molecule has 1 N–H and O–H groups in total. The van der Waals surface area contributed by atoms with Crippen LogP contribution in [0, 0.1) is 0 Å². The molecule has 0 amide bonds. The van der Waals surface area contributed by atoms with Gasteiger partial charge in [-0.05, 0) is 50.6 Å². The molecule has 0 radical (unpaired) electrons. The normalized spacial score (nSPS) is 18.2. The summed E-state index contributed by atoms with van der Waals surface area (Å²) in [5, 5.41) is 13.2. The van der Waals surface area contributed by atoms with E-state index in [0.717, 1.165) is 24.3 Å². The third kappa shape index (κ3) is 3.50. The summed E-state index contributed by atoms with van der Waals surface area (Å²) in [5.74, 6) is 0.922. The van der Waals surface area contributed by atoms with Gasteiger partial charge >= 0.3 is 5.97 Å². The highest BCUT2D eigenvalue weighted by molar-refractivity contribution is 5.73. The molecule has 122 valence electrons. The van der Waals surface area contributed by atoms with Crippen LogP contribution in [-0.4, -0.2) is 45.3 Å². The lowest BCUT2D eigenvalue weighted by Crippen LogP contribution is -2.35. The van der Waals surface area contributed by atoms with Crippen LogP contribution in [0.5, 0.6) is 5.75 Å². The van der Waals surface area contributed by atoms with Crippen molar-refractivity contribution in [2.45, 2.75) is 32.4 Å². The van der Waals surface area contributed by atoms with Gasteiger partial charge in [0.05, 0.1) is 13.2 Å². The fraction of sp³-hybridized carbons (Fsp3) is 0.438. The molecule has 7 nitrogen and oxygen atoms in total. The predicted molar refractivity (Wildman–Crippen MR) is 82.0 cm³/mol. The number of rotatable bonds is 6. The van der Waals surface area contributed by atoms with Gasteiger partial charge in [0.2, 0.25) is 11.7 Å². The van der Waals surface area contributed by atoms with E-state index in [4.69, 9.17) is 9.26 Å². The Hall–Kier alpha value is -2.41. The first-order valence-electron chi connectivity index (χ1n) is 7.70. The minimum Gasteiger partial charge on any atom is -0.494 e. The van der Waals surface area contributed by atoms with Gasteiger partial charge in [-0.2, -0.15) is 4.98 Å². The van der Waals surface area contributed by atoms with E-state index in [1.165, 1.54) is 0 Å². The van der Waals surface area contributed by atoms with Crippen molar-refractivity contribution in [2.75, 3.05) is 13.2 Å². The summed E-state index contributed by atoms with van der Waals surface area (Å²) in [7, 11) is 0. The van der Waals surface area contributed by atoms with Crippen LogP contribution in [-0.2, 0) is 11.3 Å². The summed E-state index contributed by atoms with van der Waals surface area (Å²) in [6.45, 7) is 3.65. The molecule has 1 aromatic heterocycles. The standard InChI is InChI=1S/C16H19N3O4/c1-2-22-12-7-5-11(6-8-12)15-17-14(23-18-15)10-19-9-3-4-13(19)16(20)21/h5-8,13H,2-4,9-10H2,1H3,(H,20,21). The number of hydrogen-bond donors (Lipinski definition) is 1. The van der Waals surface area contributed by atoms with Crippen LogP contribution in [0.25, 0.3) is 11.4 Å².